The molecule has 0 bridgehead atoms. The summed E-state index contributed by atoms with van der Waals surface area (Å²) in [6.45, 7) is 2.42. The van der Waals surface area contributed by atoms with Gasteiger partial charge in [-0.2, -0.15) is 13.2 Å². The number of piperidine rings is 1. The Balaban J connectivity index is 2.03. The minimum Gasteiger partial charge on any atom is -0.481 e. The van der Waals surface area contributed by atoms with E-state index in [2.05, 4.69) is 9.97 Å². The van der Waals surface area contributed by atoms with E-state index in [0.29, 0.717) is 24.9 Å². The van der Waals surface area contributed by atoms with E-state index in [9.17, 15) is 23.1 Å². The molecule has 1 atom stereocenters. The van der Waals surface area contributed by atoms with Gasteiger partial charge in [0.15, 0.2) is 5.69 Å². The molecule has 1 aliphatic rings. The molecular weight excluding hydrogens is 347 g/mol. The molecule has 1 aromatic carbocycles. The maximum Gasteiger partial charge on any atom is 0.433 e. The molecule has 0 amide bonds. The van der Waals surface area contributed by atoms with Crippen molar-refractivity contribution in [2.24, 2.45) is 5.92 Å². The van der Waals surface area contributed by atoms with E-state index in [1.807, 2.05) is 6.92 Å². The Kier molecular flexibility index (Phi) is 4.84. The largest absolute Gasteiger partial charge is 0.481 e. The monoisotopic (exact) mass is 365 g/mol. The van der Waals surface area contributed by atoms with Crippen LogP contribution in [0.5, 0.6) is 0 Å². The van der Waals surface area contributed by atoms with Crippen molar-refractivity contribution in [2.75, 3.05) is 18.0 Å². The highest BCUT2D eigenvalue weighted by atomic mass is 19.4. The summed E-state index contributed by atoms with van der Waals surface area (Å²) >= 11 is 0. The second-order valence-electron chi connectivity index (χ2n) is 6.43. The van der Waals surface area contributed by atoms with E-state index < -0.39 is 23.8 Å². The molecule has 8 heteroatoms. The number of aromatic nitrogens is 2. The standard InChI is InChI=1S/C18H18F3N3O2/c1-11-4-6-12(7-5-11)14-9-15(18(19,20)21)23-17(22-14)24-8-2-3-13(10-24)16(25)26/h4-7,9,13H,2-3,8,10H2,1H3,(H,25,26). The first-order valence-electron chi connectivity index (χ1n) is 8.25. The lowest BCUT2D eigenvalue weighted by molar-refractivity contribution is -0.142. The molecule has 2 aromatic rings. The van der Waals surface area contributed by atoms with Crippen molar-refractivity contribution < 1.29 is 23.1 Å². The number of rotatable bonds is 3. The van der Waals surface area contributed by atoms with Gasteiger partial charge in [0.1, 0.15) is 0 Å². The van der Waals surface area contributed by atoms with E-state index in [1.54, 1.807) is 24.3 Å². The number of hydrogen-bond donors (Lipinski definition) is 1. The zero-order chi connectivity index (χ0) is 18.9. The number of benzene rings is 1. The Bertz CT molecular complexity index is 806. The van der Waals surface area contributed by atoms with Crippen LogP contribution in [0, 0.1) is 12.8 Å². The maximum absolute atomic E-state index is 13.3. The first-order chi connectivity index (χ1) is 12.2. The van der Waals surface area contributed by atoms with Crippen LogP contribution in [0.2, 0.25) is 0 Å². The molecule has 1 saturated heterocycles. The molecular formula is C18H18F3N3O2. The fraction of sp³-hybridized carbons (Fsp3) is 0.389. The van der Waals surface area contributed by atoms with Gasteiger partial charge in [-0.1, -0.05) is 29.8 Å². The number of carboxylic acid groups (broad SMARTS) is 1. The van der Waals surface area contributed by atoms with E-state index in [1.165, 1.54) is 4.90 Å². The quantitative estimate of drug-likeness (QED) is 0.897. The van der Waals surface area contributed by atoms with Crippen LogP contribution in [0.4, 0.5) is 19.1 Å². The van der Waals surface area contributed by atoms with Crippen LogP contribution in [0.3, 0.4) is 0 Å². The number of alkyl halides is 3. The third kappa shape index (κ3) is 3.95. The Morgan fingerprint density at radius 3 is 2.54 bits per heavy atom. The lowest BCUT2D eigenvalue weighted by Crippen LogP contribution is -2.39. The van der Waals surface area contributed by atoms with Crippen LogP contribution in [0.25, 0.3) is 11.3 Å². The van der Waals surface area contributed by atoms with Crippen molar-refractivity contribution in [3.63, 3.8) is 0 Å². The zero-order valence-electron chi connectivity index (χ0n) is 14.1. The highest BCUT2D eigenvalue weighted by Gasteiger charge is 2.35. The third-order valence-electron chi connectivity index (χ3n) is 4.41. The number of halogens is 3. The summed E-state index contributed by atoms with van der Waals surface area (Å²) in [5, 5.41) is 9.20. The normalized spacial score (nSPS) is 18.0. The molecule has 1 aliphatic heterocycles. The summed E-state index contributed by atoms with van der Waals surface area (Å²) in [7, 11) is 0. The van der Waals surface area contributed by atoms with Gasteiger partial charge in [-0.15, -0.1) is 0 Å². The number of hydrogen-bond acceptors (Lipinski definition) is 4. The molecule has 3 rings (SSSR count). The van der Waals surface area contributed by atoms with Gasteiger partial charge in [0.25, 0.3) is 0 Å². The van der Waals surface area contributed by atoms with Gasteiger partial charge < -0.3 is 10.0 Å². The van der Waals surface area contributed by atoms with Crippen LogP contribution in [-0.2, 0) is 11.0 Å². The molecule has 1 fully saturated rings. The van der Waals surface area contributed by atoms with E-state index in [-0.39, 0.29) is 18.2 Å². The predicted molar refractivity (Wildman–Crippen MR) is 89.8 cm³/mol. The second-order valence-corrected chi connectivity index (χ2v) is 6.43. The summed E-state index contributed by atoms with van der Waals surface area (Å²) in [6, 6.07) is 7.93. The summed E-state index contributed by atoms with van der Waals surface area (Å²) < 4.78 is 39.9. The highest BCUT2D eigenvalue weighted by molar-refractivity contribution is 5.71. The molecule has 0 aliphatic carbocycles. The summed E-state index contributed by atoms with van der Waals surface area (Å²) in [5.74, 6) is -1.67. The first-order valence-corrected chi connectivity index (χ1v) is 8.25. The Morgan fingerprint density at radius 1 is 1.23 bits per heavy atom. The minimum atomic E-state index is -4.61. The fourth-order valence-electron chi connectivity index (χ4n) is 2.95. The van der Waals surface area contributed by atoms with Gasteiger partial charge in [-0.3, -0.25) is 4.79 Å². The van der Waals surface area contributed by atoms with Gasteiger partial charge in [0.2, 0.25) is 5.95 Å². The van der Waals surface area contributed by atoms with Crippen molar-refractivity contribution >= 4 is 11.9 Å². The number of anilines is 1. The Labute approximate surface area is 148 Å². The van der Waals surface area contributed by atoms with Crippen LogP contribution in [0.1, 0.15) is 24.1 Å². The third-order valence-corrected chi connectivity index (χ3v) is 4.41. The molecule has 0 saturated carbocycles. The lowest BCUT2D eigenvalue weighted by Gasteiger charge is -2.31. The second kappa shape index (κ2) is 6.93. The molecule has 26 heavy (non-hydrogen) atoms. The Hall–Kier alpha value is -2.64. The van der Waals surface area contributed by atoms with E-state index in [0.717, 1.165) is 11.6 Å². The van der Waals surface area contributed by atoms with Crippen LogP contribution in [0.15, 0.2) is 30.3 Å². The van der Waals surface area contributed by atoms with E-state index in [4.69, 9.17) is 0 Å². The lowest BCUT2D eigenvalue weighted by atomic mass is 9.99. The van der Waals surface area contributed by atoms with Crippen molar-refractivity contribution in [3.8, 4) is 11.3 Å². The molecule has 5 nitrogen and oxygen atoms in total. The average molecular weight is 365 g/mol. The maximum atomic E-state index is 13.3. The van der Waals surface area contributed by atoms with Crippen molar-refractivity contribution in [1.29, 1.82) is 0 Å². The molecule has 2 heterocycles. The minimum absolute atomic E-state index is 0.0821. The smallest absolute Gasteiger partial charge is 0.433 e. The van der Waals surface area contributed by atoms with Gasteiger partial charge in [0, 0.05) is 18.7 Å². The van der Waals surface area contributed by atoms with E-state index >= 15 is 0 Å². The van der Waals surface area contributed by atoms with Crippen molar-refractivity contribution in [1.82, 2.24) is 9.97 Å². The van der Waals surface area contributed by atoms with Gasteiger partial charge >= 0.3 is 12.1 Å². The summed E-state index contributed by atoms with van der Waals surface area (Å²) in [5.41, 5.74) is 0.672. The van der Waals surface area contributed by atoms with Crippen molar-refractivity contribution in [2.45, 2.75) is 25.9 Å². The molecule has 1 aromatic heterocycles. The van der Waals surface area contributed by atoms with Gasteiger partial charge in [-0.25, -0.2) is 9.97 Å². The summed E-state index contributed by atoms with van der Waals surface area (Å²) in [6.07, 6.45) is -3.55. The van der Waals surface area contributed by atoms with Crippen LogP contribution >= 0.6 is 0 Å². The number of aliphatic carboxylic acids is 1. The van der Waals surface area contributed by atoms with Gasteiger partial charge in [-0.05, 0) is 25.8 Å². The molecule has 1 unspecified atom stereocenters. The van der Waals surface area contributed by atoms with Crippen LogP contribution in [-0.4, -0.2) is 34.1 Å². The predicted octanol–water partition coefficient (Wildman–Crippen LogP) is 3.77. The number of nitrogens with zero attached hydrogens (tertiary/aromatic N) is 3. The first kappa shape index (κ1) is 18.2. The Morgan fingerprint density at radius 2 is 1.92 bits per heavy atom. The molecule has 1 N–H and O–H groups in total. The topological polar surface area (TPSA) is 66.3 Å². The SMILES string of the molecule is Cc1ccc(-c2cc(C(F)(F)F)nc(N3CCCC(C(=O)O)C3)n2)cc1. The van der Waals surface area contributed by atoms with Gasteiger partial charge in [0.05, 0.1) is 11.6 Å². The molecule has 0 radical (unpaired) electrons. The highest BCUT2D eigenvalue weighted by Crippen LogP contribution is 2.32. The van der Waals surface area contributed by atoms with Crippen molar-refractivity contribution in [3.05, 3.63) is 41.6 Å². The molecule has 0 spiro atoms. The van der Waals surface area contributed by atoms with Crippen LogP contribution < -0.4 is 4.90 Å². The number of carboxylic acids is 1. The number of aryl methyl sites for hydroxylation is 1. The number of carbonyl (C=O) groups is 1. The zero-order valence-corrected chi connectivity index (χ0v) is 14.1. The fourth-order valence-corrected chi connectivity index (χ4v) is 2.95. The average Bonchev–Trinajstić information content (AvgIpc) is 2.61. The summed E-state index contributed by atoms with van der Waals surface area (Å²) in [4.78, 5) is 20.7. The molecule has 138 valence electrons.